The van der Waals surface area contributed by atoms with E-state index in [1.165, 1.54) is 12.8 Å². The van der Waals surface area contributed by atoms with E-state index in [1.54, 1.807) is 0 Å². The van der Waals surface area contributed by atoms with Crippen LogP contribution in [0.15, 0.2) is 12.2 Å². The third kappa shape index (κ3) is 2.38. The number of ether oxygens (including phenoxy) is 1. The second-order valence-electron chi connectivity index (χ2n) is 5.28. The molecule has 14 heavy (non-hydrogen) atoms. The summed E-state index contributed by atoms with van der Waals surface area (Å²) in [6, 6.07) is 0. The van der Waals surface area contributed by atoms with Crippen LogP contribution in [0.5, 0.6) is 0 Å². The minimum Gasteiger partial charge on any atom is -0.370 e. The Labute approximate surface area is 88.5 Å². The molecular formula is C13H24O. The van der Waals surface area contributed by atoms with Crippen LogP contribution in [0.2, 0.25) is 0 Å². The van der Waals surface area contributed by atoms with Gasteiger partial charge in [0.2, 0.25) is 0 Å². The van der Waals surface area contributed by atoms with E-state index in [9.17, 15) is 0 Å². The molecule has 1 heterocycles. The molecule has 1 aliphatic rings. The highest BCUT2D eigenvalue weighted by Crippen LogP contribution is 2.41. The lowest BCUT2D eigenvalue weighted by Gasteiger charge is -2.44. The predicted octanol–water partition coefficient (Wildman–Crippen LogP) is 3.94. The zero-order valence-corrected chi connectivity index (χ0v) is 10.1. The Morgan fingerprint density at radius 2 is 2.07 bits per heavy atom. The van der Waals surface area contributed by atoms with Gasteiger partial charge in [-0.2, -0.15) is 0 Å². The molecule has 1 rings (SSSR count). The summed E-state index contributed by atoms with van der Waals surface area (Å²) in [5.74, 6) is 0. The topological polar surface area (TPSA) is 9.23 Å². The van der Waals surface area contributed by atoms with Crippen molar-refractivity contribution in [1.29, 1.82) is 0 Å². The largest absolute Gasteiger partial charge is 0.370 e. The highest BCUT2D eigenvalue weighted by molar-refractivity contribution is 5.10. The van der Waals surface area contributed by atoms with E-state index in [1.807, 2.05) is 0 Å². The van der Waals surface area contributed by atoms with E-state index >= 15 is 0 Å². The van der Waals surface area contributed by atoms with Crippen LogP contribution >= 0.6 is 0 Å². The van der Waals surface area contributed by atoms with E-state index in [4.69, 9.17) is 4.74 Å². The first kappa shape index (κ1) is 11.8. The van der Waals surface area contributed by atoms with E-state index in [0.29, 0.717) is 0 Å². The molecule has 0 aliphatic carbocycles. The molecule has 0 saturated heterocycles. The SMILES string of the molecule is CCCC[C@]1(C(C)(C)C)C=CCCO1. The maximum atomic E-state index is 6.05. The monoisotopic (exact) mass is 196 g/mol. The van der Waals surface area contributed by atoms with Gasteiger partial charge in [0.05, 0.1) is 12.2 Å². The maximum Gasteiger partial charge on any atom is 0.0910 e. The summed E-state index contributed by atoms with van der Waals surface area (Å²) >= 11 is 0. The summed E-state index contributed by atoms with van der Waals surface area (Å²) in [5, 5.41) is 0. The van der Waals surface area contributed by atoms with E-state index in [-0.39, 0.29) is 11.0 Å². The van der Waals surface area contributed by atoms with Crippen LogP contribution in [0.3, 0.4) is 0 Å². The van der Waals surface area contributed by atoms with Crippen LogP contribution in [0.25, 0.3) is 0 Å². The molecule has 0 radical (unpaired) electrons. The molecule has 0 unspecified atom stereocenters. The van der Waals surface area contributed by atoms with Gasteiger partial charge in [-0.05, 0) is 18.3 Å². The van der Waals surface area contributed by atoms with Crippen LogP contribution in [-0.4, -0.2) is 12.2 Å². The molecule has 82 valence electrons. The first-order chi connectivity index (χ1) is 6.52. The van der Waals surface area contributed by atoms with Crippen molar-refractivity contribution in [3.05, 3.63) is 12.2 Å². The van der Waals surface area contributed by atoms with Crippen LogP contribution < -0.4 is 0 Å². The van der Waals surface area contributed by atoms with Crippen LogP contribution in [0.1, 0.15) is 53.4 Å². The Balaban J connectivity index is 2.78. The van der Waals surface area contributed by atoms with Crippen LogP contribution in [-0.2, 0) is 4.74 Å². The summed E-state index contributed by atoms with van der Waals surface area (Å²) in [5.41, 5.74) is 0.195. The first-order valence-corrected chi connectivity index (χ1v) is 5.83. The Bertz CT molecular complexity index is 200. The fourth-order valence-corrected chi connectivity index (χ4v) is 2.07. The highest BCUT2D eigenvalue weighted by atomic mass is 16.5. The molecule has 0 N–H and O–H groups in total. The zero-order valence-electron chi connectivity index (χ0n) is 10.1. The first-order valence-electron chi connectivity index (χ1n) is 5.83. The molecular weight excluding hydrogens is 172 g/mol. The Morgan fingerprint density at radius 3 is 2.50 bits per heavy atom. The molecule has 1 aliphatic heterocycles. The Morgan fingerprint density at radius 1 is 1.36 bits per heavy atom. The van der Waals surface area contributed by atoms with E-state index < -0.39 is 0 Å². The zero-order chi connectivity index (χ0) is 10.7. The number of hydrogen-bond acceptors (Lipinski definition) is 1. The molecule has 0 bridgehead atoms. The van der Waals surface area contributed by atoms with E-state index in [0.717, 1.165) is 19.4 Å². The van der Waals surface area contributed by atoms with Crippen molar-refractivity contribution in [3.63, 3.8) is 0 Å². The molecule has 0 spiro atoms. The summed E-state index contributed by atoms with van der Waals surface area (Å²) in [7, 11) is 0. The van der Waals surface area contributed by atoms with Gasteiger partial charge < -0.3 is 4.74 Å². The second-order valence-corrected chi connectivity index (χ2v) is 5.28. The van der Waals surface area contributed by atoms with Crippen LogP contribution in [0.4, 0.5) is 0 Å². The number of rotatable bonds is 3. The molecule has 1 atom stereocenters. The van der Waals surface area contributed by atoms with Crippen molar-refractivity contribution < 1.29 is 4.74 Å². The summed E-state index contributed by atoms with van der Waals surface area (Å²) in [4.78, 5) is 0. The van der Waals surface area contributed by atoms with Crippen molar-refractivity contribution >= 4 is 0 Å². The van der Waals surface area contributed by atoms with Crippen LogP contribution in [0, 0.1) is 5.41 Å². The smallest absolute Gasteiger partial charge is 0.0910 e. The Kier molecular flexibility index (Phi) is 3.77. The molecule has 0 saturated carbocycles. The maximum absolute atomic E-state index is 6.05. The van der Waals surface area contributed by atoms with Gasteiger partial charge in [-0.1, -0.05) is 52.7 Å². The van der Waals surface area contributed by atoms with Gasteiger partial charge in [0.15, 0.2) is 0 Å². The molecule has 0 amide bonds. The van der Waals surface area contributed by atoms with Gasteiger partial charge in [-0.15, -0.1) is 0 Å². The van der Waals surface area contributed by atoms with Gasteiger partial charge >= 0.3 is 0 Å². The summed E-state index contributed by atoms with van der Waals surface area (Å²) in [6.45, 7) is 9.95. The predicted molar refractivity (Wildman–Crippen MR) is 61.4 cm³/mol. The summed E-state index contributed by atoms with van der Waals surface area (Å²) in [6.07, 6.45) is 9.31. The molecule has 1 heteroatoms. The molecule has 1 nitrogen and oxygen atoms in total. The standard InChI is InChI=1S/C13H24O/c1-5-6-9-13(12(2,3)4)10-7-8-11-14-13/h7,10H,5-6,8-9,11H2,1-4H3/t13-/m1/s1. The van der Waals surface area contributed by atoms with Gasteiger partial charge in [0, 0.05) is 0 Å². The fourth-order valence-electron chi connectivity index (χ4n) is 2.07. The fraction of sp³-hybridized carbons (Fsp3) is 0.846. The third-order valence-electron chi connectivity index (χ3n) is 3.20. The average Bonchev–Trinajstić information content (AvgIpc) is 2.14. The minimum atomic E-state index is -0.0126. The highest BCUT2D eigenvalue weighted by Gasteiger charge is 2.40. The minimum absolute atomic E-state index is 0.0126. The molecule has 0 aromatic carbocycles. The normalized spacial score (nSPS) is 28.0. The number of unbranched alkanes of at least 4 members (excludes halogenated alkanes) is 1. The number of hydrogen-bond donors (Lipinski definition) is 0. The van der Waals surface area contributed by atoms with Gasteiger partial charge in [0.25, 0.3) is 0 Å². The van der Waals surface area contributed by atoms with Crippen molar-refractivity contribution in [2.24, 2.45) is 5.41 Å². The van der Waals surface area contributed by atoms with Gasteiger partial charge in [0.1, 0.15) is 0 Å². The van der Waals surface area contributed by atoms with Gasteiger partial charge in [-0.25, -0.2) is 0 Å². The van der Waals surface area contributed by atoms with Crippen molar-refractivity contribution in [3.8, 4) is 0 Å². The lowest BCUT2D eigenvalue weighted by Crippen LogP contribution is -2.45. The van der Waals surface area contributed by atoms with Gasteiger partial charge in [-0.3, -0.25) is 0 Å². The molecule has 0 aromatic rings. The second kappa shape index (κ2) is 4.48. The average molecular weight is 196 g/mol. The third-order valence-corrected chi connectivity index (χ3v) is 3.20. The van der Waals surface area contributed by atoms with Crippen molar-refractivity contribution in [2.75, 3.05) is 6.61 Å². The Hall–Kier alpha value is -0.300. The lowest BCUT2D eigenvalue weighted by molar-refractivity contribution is -0.0923. The summed E-state index contributed by atoms with van der Waals surface area (Å²) < 4.78 is 6.05. The molecule has 0 fully saturated rings. The van der Waals surface area contributed by atoms with Crippen molar-refractivity contribution in [2.45, 2.75) is 59.0 Å². The van der Waals surface area contributed by atoms with E-state index in [2.05, 4.69) is 39.8 Å². The quantitative estimate of drug-likeness (QED) is 0.621. The lowest BCUT2D eigenvalue weighted by atomic mass is 9.72. The van der Waals surface area contributed by atoms with Crippen molar-refractivity contribution in [1.82, 2.24) is 0 Å². The molecule has 0 aromatic heterocycles.